The van der Waals surface area contributed by atoms with E-state index in [1.54, 1.807) is 49.1 Å². The molecule has 1 unspecified atom stereocenters. The largest absolute Gasteiger partial charge is 0.469 e. The van der Waals surface area contributed by atoms with Crippen molar-refractivity contribution in [3.05, 3.63) is 71.4 Å². The van der Waals surface area contributed by atoms with E-state index in [1.165, 1.54) is 6.20 Å². The number of hydrogen-bond acceptors (Lipinski definition) is 5. The molecule has 0 fully saturated rings. The van der Waals surface area contributed by atoms with Crippen LogP contribution in [0.5, 0.6) is 0 Å². The molecule has 1 aromatic carbocycles. The highest BCUT2D eigenvalue weighted by atomic mass is 16.5. The lowest BCUT2D eigenvalue weighted by Crippen LogP contribution is -2.32. The van der Waals surface area contributed by atoms with Gasteiger partial charge in [-0.15, -0.1) is 0 Å². The lowest BCUT2D eigenvalue weighted by Gasteiger charge is -2.13. The maximum absolute atomic E-state index is 12.5. The van der Waals surface area contributed by atoms with Gasteiger partial charge in [-0.2, -0.15) is 5.10 Å². The second-order valence-electron chi connectivity index (χ2n) is 6.82. The lowest BCUT2D eigenvalue weighted by molar-refractivity contribution is 0.0525. The SMILES string of the molecule is CCOC(=O)c1cnn(-c2ccc(C(=O)NC(C)CCc3ccco3)cc2)c1C. The number of carbonyl (C=O) groups is 2. The standard InChI is InChI=1S/C22H25N3O4/c1-4-28-22(27)20-14-23-25(16(20)3)18-10-8-17(9-11-18)21(26)24-15(2)7-12-19-6-5-13-29-19/h5-6,8-11,13-15H,4,7,12H2,1-3H3,(H,24,26). The summed E-state index contributed by atoms with van der Waals surface area (Å²) in [5.74, 6) is 0.385. The van der Waals surface area contributed by atoms with Crippen LogP contribution in [0.3, 0.4) is 0 Å². The van der Waals surface area contributed by atoms with Crippen LogP contribution in [0.2, 0.25) is 0 Å². The van der Waals surface area contributed by atoms with Crippen molar-refractivity contribution in [2.24, 2.45) is 0 Å². The van der Waals surface area contributed by atoms with E-state index in [4.69, 9.17) is 9.15 Å². The topological polar surface area (TPSA) is 86.4 Å². The van der Waals surface area contributed by atoms with E-state index in [1.807, 2.05) is 19.1 Å². The number of hydrogen-bond donors (Lipinski definition) is 1. The maximum atomic E-state index is 12.5. The lowest BCUT2D eigenvalue weighted by atomic mass is 10.1. The smallest absolute Gasteiger partial charge is 0.341 e. The zero-order chi connectivity index (χ0) is 20.8. The Morgan fingerprint density at radius 2 is 2.00 bits per heavy atom. The molecule has 3 rings (SSSR count). The number of esters is 1. The number of rotatable bonds is 8. The summed E-state index contributed by atoms with van der Waals surface area (Å²) >= 11 is 0. The summed E-state index contributed by atoms with van der Waals surface area (Å²) in [6.45, 7) is 5.85. The molecule has 29 heavy (non-hydrogen) atoms. The highest BCUT2D eigenvalue weighted by Crippen LogP contribution is 2.16. The highest BCUT2D eigenvalue weighted by molar-refractivity contribution is 5.94. The van der Waals surface area contributed by atoms with E-state index in [9.17, 15) is 9.59 Å². The number of carbonyl (C=O) groups excluding carboxylic acids is 2. The van der Waals surface area contributed by atoms with Crippen molar-refractivity contribution in [3.63, 3.8) is 0 Å². The van der Waals surface area contributed by atoms with E-state index >= 15 is 0 Å². The maximum Gasteiger partial charge on any atom is 0.341 e. The van der Waals surface area contributed by atoms with E-state index in [0.29, 0.717) is 23.4 Å². The van der Waals surface area contributed by atoms with E-state index in [-0.39, 0.29) is 11.9 Å². The summed E-state index contributed by atoms with van der Waals surface area (Å²) in [5.41, 5.74) is 2.45. The first kappa shape index (κ1) is 20.4. The Labute approximate surface area is 169 Å². The van der Waals surface area contributed by atoms with Crippen LogP contribution < -0.4 is 5.32 Å². The van der Waals surface area contributed by atoms with Gasteiger partial charge in [-0.3, -0.25) is 4.79 Å². The minimum absolute atomic E-state index is 0.0211. The average molecular weight is 395 g/mol. The minimum atomic E-state index is -0.393. The fourth-order valence-electron chi connectivity index (χ4n) is 3.03. The van der Waals surface area contributed by atoms with Crippen molar-refractivity contribution in [3.8, 4) is 5.69 Å². The molecule has 1 N–H and O–H groups in total. The van der Waals surface area contributed by atoms with E-state index < -0.39 is 5.97 Å². The fraction of sp³-hybridized carbons (Fsp3) is 0.318. The first-order valence-corrected chi connectivity index (χ1v) is 9.65. The van der Waals surface area contributed by atoms with Gasteiger partial charge in [-0.1, -0.05) is 0 Å². The number of benzene rings is 1. The van der Waals surface area contributed by atoms with Gasteiger partial charge >= 0.3 is 5.97 Å². The van der Waals surface area contributed by atoms with Gasteiger partial charge in [-0.25, -0.2) is 9.48 Å². The number of furan rings is 1. The van der Waals surface area contributed by atoms with Crippen molar-refractivity contribution < 1.29 is 18.7 Å². The van der Waals surface area contributed by atoms with Crippen LogP contribution >= 0.6 is 0 Å². The number of aryl methyl sites for hydroxylation is 1. The normalized spacial score (nSPS) is 11.8. The van der Waals surface area contributed by atoms with Crippen molar-refractivity contribution in [2.75, 3.05) is 6.61 Å². The number of ether oxygens (including phenoxy) is 1. The monoisotopic (exact) mass is 395 g/mol. The first-order valence-electron chi connectivity index (χ1n) is 9.65. The van der Waals surface area contributed by atoms with Crippen LogP contribution in [-0.2, 0) is 11.2 Å². The van der Waals surface area contributed by atoms with Crippen LogP contribution in [0.15, 0.2) is 53.3 Å². The Bertz CT molecular complexity index is 959. The van der Waals surface area contributed by atoms with Crippen molar-refractivity contribution in [2.45, 2.75) is 39.7 Å². The van der Waals surface area contributed by atoms with Gasteiger partial charge in [0.25, 0.3) is 5.91 Å². The van der Waals surface area contributed by atoms with Gasteiger partial charge in [0.15, 0.2) is 0 Å². The molecule has 0 spiro atoms. The second-order valence-corrected chi connectivity index (χ2v) is 6.82. The molecule has 0 bridgehead atoms. The van der Waals surface area contributed by atoms with Crippen LogP contribution in [-0.4, -0.2) is 34.3 Å². The summed E-state index contributed by atoms with van der Waals surface area (Å²) < 4.78 is 12.0. The highest BCUT2D eigenvalue weighted by Gasteiger charge is 2.16. The Kier molecular flexibility index (Phi) is 6.49. The molecule has 0 saturated heterocycles. The molecular weight excluding hydrogens is 370 g/mol. The van der Waals surface area contributed by atoms with Crippen molar-refractivity contribution >= 4 is 11.9 Å². The second kappa shape index (κ2) is 9.23. The van der Waals surface area contributed by atoms with E-state index in [2.05, 4.69) is 10.4 Å². The third kappa shape index (κ3) is 4.93. The summed E-state index contributed by atoms with van der Waals surface area (Å²) in [7, 11) is 0. The van der Waals surface area contributed by atoms with Gasteiger partial charge in [0, 0.05) is 18.0 Å². The summed E-state index contributed by atoms with van der Waals surface area (Å²) in [6.07, 6.45) is 4.71. The summed E-state index contributed by atoms with van der Waals surface area (Å²) in [6, 6.07) is 10.9. The number of nitrogens with one attached hydrogen (secondary N) is 1. The summed E-state index contributed by atoms with van der Waals surface area (Å²) in [5, 5.41) is 7.27. The minimum Gasteiger partial charge on any atom is -0.469 e. The fourth-order valence-corrected chi connectivity index (χ4v) is 3.03. The molecule has 7 nitrogen and oxygen atoms in total. The quantitative estimate of drug-likeness (QED) is 0.588. The van der Waals surface area contributed by atoms with Crippen molar-refractivity contribution in [1.29, 1.82) is 0 Å². The zero-order valence-corrected chi connectivity index (χ0v) is 16.8. The van der Waals surface area contributed by atoms with Gasteiger partial charge in [0.1, 0.15) is 11.3 Å². The number of nitrogens with zero attached hydrogens (tertiary/aromatic N) is 2. The molecule has 1 amide bonds. The molecule has 0 radical (unpaired) electrons. The van der Waals surface area contributed by atoms with Gasteiger partial charge in [-0.05, 0) is 63.6 Å². The number of aromatic nitrogens is 2. The van der Waals surface area contributed by atoms with Crippen LogP contribution in [0.1, 0.15) is 52.4 Å². The van der Waals surface area contributed by atoms with E-state index in [0.717, 1.165) is 24.3 Å². The van der Waals surface area contributed by atoms with Crippen LogP contribution in [0, 0.1) is 6.92 Å². The van der Waals surface area contributed by atoms with Crippen molar-refractivity contribution in [1.82, 2.24) is 15.1 Å². The third-order valence-corrected chi connectivity index (χ3v) is 4.66. The Morgan fingerprint density at radius 3 is 2.66 bits per heavy atom. The molecule has 2 heterocycles. The van der Waals surface area contributed by atoms with Crippen LogP contribution in [0.4, 0.5) is 0 Å². The average Bonchev–Trinajstić information content (AvgIpc) is 3.36. The molecule has 7 heteroatoms. The van der Waals surface area contributed by atoms with Gasteiger partial charge in [0.2, 0.25) is 0 Å². The first-order chi connectivity index (χ1) is 14.0. The Morgan fingerprint density at radius 1 is 1.24 bits per heavy atom. The Hall–Kier alpha value is -3.35. The van der Waals surface area contributed by atoms with Crippen LogP contribution in [0.25, 0.3) is 5.69 Å². The third-order valence-electron chi connectivity index (χ3n) is 4.66. The molecule has 3 aromatic rings. The molecule has 0 aliphatic heterocycles. The number of amides is 1. The van der Waals surface area contributed by atoms with Gasteiger partial charge in [0.05, 0.1) is 30.4 Å². The predicted octanol–water partition coefficient (Wildman–Crippen LogP) is 3.70. The van der Waals surface area contributed by atoms with Gasteiger partial charge < -0.3 is 14.5 Å². The predicted molar refractivity (Wildman–Crippen MR) is 108 cm³/mol. The molecule has 152 valence electrons. The molecule has 0 aliphatic carbocycles. The zero-order valence-electron chi connectivity index (χ0n) is 16.8. The molecule has 1 atom stereocenters. The Balaban J connectivity index is 1.62. The summed E-state index contributed by atoms with van der Waals surface area (Å²) in [4.78, 5) is 24.4. The molecular formula is C22H25N3O4. The molecule has 0 saturated carbocycles. The molecule has 0 aliphatic rings. The molecule has 2 aromatic heterocycles.